The maximum atomic E-state index is 12.6. The van der Waals surface area contributed by atoms with Gasteiger partial charge in [-0.15, -0.1) is 0 Å². The normalized spacial score (nSPS) is 11.8. The Bertz CT molecular complexity index is 774. The Balaban J connectivity index is 2.23. The summed E-state index contributed by atoms with van der Waals surface area (Å²) in [6.45, 7) is 1.69. The first-order valence-electron chi connectivity index (χ1n) is 7.57. The number of nitrogens with one attached hydrogen (secondary N) is 1. The van der Waals surface area contributed by atoms with Gasteiger partial charge in [0.05, 0.1) is 12.1 Å². The summed E-state index contributed by atoms with van der Waals surface area (Å²) < 4.78 is 10.4. The van der Waals surface area contributed by atoms with E-state index in [0.29, 0.717) is 22.0 Å². The van der Waals surface area contributed by atoms with Gasteiger partial charge in [-0.2, -0.15) is 0 Å². The van der Waals surface area contributed by atoms with Crippen LogP contribution in [0.25, 0.3) is 0 Å². The van der Waals surface area contributed by atoms with Crippen LogP contribution in [-0.4, -0.2) is 19.0 Å². The Morgan fingerprint density at radius 3 is 2.48 bits per heavy atom. The van der Waals surface area contributed by atoms with E-state index in [-0.39, 0.29) is 0 Å². The van der Waals surface area contributed by atoms with E-state index in [1.54, 1.807) is 55.5 Å². The van der Waals surface area contributed by atoms with Crippen molar-refractivity contribution in [1.82, 2.24) is 0 Å². The number of ether oxygens (including phenoxy) is 2. The SMILES string of the molecule is CC=CC(=O)OC(C(=O)Nc1ccc(OC)c(Cl)c1)c1ccccc1. The van der Waals surface area contributed by atoms with Crippen LogP contribution in [0.3, 0.4) is 0 Å². The van der Waals surface area contributed by atoms with Gasteiger partial charge in [0.1, 0.15) is 5.75 Å². The number of esters is 1. The number of carbonyl (C=O) groups excluding carboxylic acids is 2. The Labute approximate surface area is 151 Å². The molecule has 2 aromatic rings. The molecule has 25 heavy (non-hydrogen) atoms. The largest absolute Gasteiger partial charge is 0.495 e. The van der Waals surface area contributed by atoms with Crippen molar-refractivity contribution in [2.75, 3.05) is 12.4 Å². The van der Waals surface area contributed by atoms with E-state index in [1.165, 1.54) is 13.2 Å². The number of anilines is 1. The Morgan fingerprint density at radius 1 is 1.16 bits per heavy atom. The third-order valence-corrected chi connectivity index (χ3v) is 3.59. The average Bonchev–Trinajstić information content (AvgIpc) is 2.61. The summed E-state index contributed by atoms with van der Waals surface area (Å²) in [5, 5.41) is 3.06. The Kier molecular flexibility index (Phi) is 6.60. The van der Waals surface area contributed by atoms with Gasteiger partial charge < -0.3 is 14.8 Å². The molecule has 6 heteroatoms. The standard InChI is InChI=1S/C19H18ClNO4/c1-3-7-17(22)25-18(13-8-5-4-6-9-13)19(23)21-14-10-11-16(24-2)15(20)12-14/h3-12,18H,1-2H3,(H,21,23). The molecule has 0 heterocycles. The van der Waals surface area contributed by atoms with Crippen molar-refractivity contribution in [2.24, 2.45) is 0 Å². The van der Waals surface area contributed by atoms with Crippen molar-refractivity contribution in [1.29, 1.82) is 0 Å². The monoisotopic (exact) mass is 359 g/mol. The lowest BCUT2D eigenvalue weighted by Crippen LogP contribution is -2.25. The van der Waals surface area contributed by atoms with E-state index in [0.717, 1.165) is 0 Å². The van der Waals surface area contributed by atoms with Gasteiger partial charge >= 0.3 is 5.97 Å². The Morgan fingerprint density at radius 2 is 1.88 bits per heavy atom. The van der Waals surface area contributed by atoms with Crippen molar-refractivity contribution in [3.8, 4) is 5.75 Å². The zero-order chi connectivity index (χ0) is 18.2. The lowest BCUT2D eigenvalue weighted by molar-refractivity contribution is -0.149. The van der Waals surface area contributed by atoms with Crippen LogP contribution < -0.4 is 10.1 Å². The molecule has 130 valence electrons. The lowest BCUT2D eigenvalue weighted by Gasteiger charge is -2.17. The minimum Gasteiger partial charge on any atom is -0.495 e. The highest BCUT2D eigenvalue weighted by Gasteiger charge is 2.24. The summed E-state index contributed by atoms with van der Waals surface area (Å²) in [7, 11) is 1.51. The molecule has 5 nitrogen and oxygen atoms in total. The predicted octanol–water partition coefficient (Wildman–Crippen LogP) is 4.15. The van der Waals surface area contributed by atoms with E-state index in [2.05, 4.69) is 5.32 Å². The topological polar surface area (TPSA) is 64.6 Å². The highest BCUT2D eigenvalue weighted by Crippen LogP contribution is 2.28. The molecule has 0 fully saturated rings. The lowest BCUT2D eigenvalue weighted by atomic mass is 10.1. The maximum Gasteiger partial charge on any atom is 0.331 e. The Hall–Kier alpha value is -2.79. The molecule has 0 aromatic heterocycles. The van der Waals surface area contributed by atoms with Gasteiger partial charge in [-0.1, -0.05) is 48.0 Å². The molecular formula is C19H18ClNO4. The van der Waals surface area contributed by atoms with Crippen molar-refractivity contribution in [2.45, 2.75) is 13.0 Å². The van der Waals surface area contributed by atoms with Crippen LogP contribution in [0.4, 0.5) is 5.69 Å². The minimum atomic E-state index is -1.08. The fraction of sp³-hybridized carbons (Fsp3) is 0.158. The second kappa shape index (κ2) is 8.89. The summed E-state index contributed by atoms with van der Waals surface area (Å²) in [6, 6.07) is 13.6. The van der Waals surface area contributed by atoms with Gasteiger partial charge in [-0.25, -0.2) is 4.79 Å². The third kappa shape index (κ3) is 5.09. The van der Waals surface area contributed by atoms with Crippen molar-refractivity contribution in [3.05, 3.63) is 71.3 Å². The minimum absolute atomic E-state index is 0.363. The highest BCUT2D eigenvalue weighted by molar-refractivity contribution is 6.32. The zero-order valence-electron chi connectivity index (χ0n) is 13.9. The number of methoxy groups -OCH3 is 1. The maximum absolute atomic E-state index is 12.6. The third-order valence-electron chi connectivity index (χ3n) is 3.30. The fourth-order valence-electron chi connectivity index (χ4n) is 2.14. The molecule has 0 spiro atoms. The van der Waals surface area contributed by atoms with Crippen molar-refractivity contribution >= 4 is 29.2 Å². The van der Waals surface area contributed by atoms with Crippen LogP contribution in [0.15, 0.2) is 60.7 Å². The molecule has 1 unspecified atom stereocenters. The number of allylic oxidation sites excluding steroid dienone is 1. The fourth-order valence-corrected chi connectivity index (χ4v) is 2.40. The van der Waals surface area contributed by atoms with E-state index in [1.807, 2.05) is 6.07 Å². The van der Waals surface area contributed by atoms with E-state index in [9.17, 15) is 9.59 Å². The molecule has 0 aliphatic rings. The van der Waals surface area contributed by atoms with Gasteiger partial charge in [0.25, 0.3) is 5.91 Å². The molecule has 0 bridgehead atoms. The summed E-state index contributed by atoms with van der Waals surface area (Å²) in [6.07, 6.45) is 1.73. The second-order valence-electron chi connectivity index (χ2n) is 5.07. The van der Waals surface area contributed by atoms with Crippen molar-refractivity contribution < 1.29 is 19.1 Å². The molecule has 0 radical (unpaired) electrons. The molecule has 0 saturated carbocycles. The predicted molar refractivity (Wildman–Crippen MR) is 96.7 cm³/mol. The first kappa shape index (κ1) is 18.5. The van der Waals surface area contributed by atoms with E-state index in [4.69, 9.17) is 21.1 Å². The van der Waals surface area contributed by atoms with E-state index >= 15 is 0 Å². The number of benzene rings is 2. The van der Waals surface area contributed by atoms with Gasteiger partial charge in [0.2, 0.25) is 6.10 Å². The van der Waals surface area contributed by atoms with Crippen LogP contribution in [0.5, 0.6) is 5.75 Å². The van der Waals surface area contributed by atoms with E-state index < -0.39 is 18.0 Å². The summed E-state index contributed by atoms with van der Waals surface area (Å²) in [5.41, 5.74) is 1.04. The smallest absolute Gasteiger partial charge is 0.331 e. The van der Waals surface area contributed by atoms with Crippen LogP contribution in [0.1, 0.15) is 18.6 Å². The molecule has 2 aromatic carbocycles. The van der Waals surface area contributed by atoms with Gasteiger partial charge in [-0.3, -0.25) is 4.79 Å². The first-order chi connectivity index (χ1) is 12.0. The summed E-state index contributed by atoms with van der Waals surface area (Å²) in [4.78, 5) is 24.4. The number of halogens is 1. The highest BCUT2D eigenvalue weighted by atomic mass is 35.5. The number of hydrogen-bond acceptors (Lipinski definition) is 4. The second-order valence-corrected chi connectivity index (χ2v) is 5.47. The summed E-state index contributed by atoms with van der Waals surface area (Å²) >= 11 is 6.06. The molecule has 0 aliphatic heterocycles. The molecule has 2 rings (SSSR count). The van der Waals surface area contributed by atoms with Crippen LogP contribution >= 0.6 is 11.6 Å². The van der Waals surface area contributed by atoms with Crippen LogP contribution in [0, 0.1) is 0 Å². The van der Waals surface area contributed by atoms with Crippen LogP contribution in [0.2, 0.25) is 5.02 Å². The molecule has 0 aliphatic carbocycles. The molecule has 0 saturated heterocycles. The van der Waals surface area contributed by atoms with Crippen LogP contribution in [-0.2, 0) is 14.3 Å². The average molecular weight is 360 g/mol. The quantitative estimate of drug-likeness (QED) is 0.621. The number of carbonyl (C=O) groups is 2. The van der Waals surface area contributed by atoms with Crippen molar-refractivity contribution in [3.63, 3.8) is 0 Å². The number of rotatable bonds is 6. The van der Waals surface area contributed by atoms with Gasteiger partial charge in [0, 0.05) is 17.3 Å². The van der Waals surface area contributed by atoms with Gasteiger partial charge in [0.15, 0.2) is 0 Å². The summed E-state index contributed by atoms with van der Waals surface area (Å²) in [5.74, 6) is -0.580. The molecule has 1 atom stereocenters. The zero-order valence-corrected chi connectivity index (χ0v) is 14.6. The number of hydrogen-bond donors (Lipinski definition) is 1. The molecular weight excluding hydrogens is 342 g/mol. The number of amides is 1. The molecule has 1 N–H and O–H groups in total. The first-order valence-corrected chi connectivity index (χ1v) is 7.95. The van der Waals surface area contributed by atoms with Gasteiger partial charge in [-0.05, 0) is 25.1 Å². The molecule has 1 amide bonds.